The summed E-state index contributed by atoms with van der Waals surface area (Å²) in [5, 5.41) is 0.824. The number of nitrogens with zero attached hydrogens (tertiary/aromatic N) is 4. The summed E-state index contributed by atoms with van der Waals surface area (Å²) in [6, 6.07) is 24.0. The third-order valence-electron chi connectivity index (χ3n) is 6.62. The Morgan fingerprint density at radius 1 is 0.919 bits per heavy atom. The van der Waals surface area contributed by atoms with E-state index in [2.05, 4.69) is 33.1 Å². The number of rotatable bonds is 6. The third-order valence-corrected chi connectivity index (χ3v) is 9.12. The Bertz CT molecular complexity index is 1570. The van der Waals surface area contributed by atoms with Crippen molar-refractivity contribution >= 4 is 56.9 Å². The molecule has 1 atom stereocenters. The second-order valence-corrected chi connectivity index (χ2v) is 11.9. The summed E-state index contributed by atoms with van der Waals surface area (Å²) in [4.78, 5) is 30.2. The van der Waals surface area contributed by atoms with Gasteiger partial charge >= 0.3 is 0 Å². The van der Waals surface area contributed by atoms with Crippen molar-refractivity contribution in [1.29, 1.82) is 0 Å². The maximum Gasteiger partial charge on any atom is 0.244 e. The number of halogens is 1. The van der Waals surface area contributed by atoms with Crippen molar-refractivity contribution in [2.75, 3.05) is 18.8 Å². The van der Waals surface area contributed by atoms with Crippen LogP contribution in [-0.2, 0) is 17.9 Å². The van der Waals surface area contributed by atoms with Crippen molar-refractivity contribution in [3.05, 3.63) is 99.5 Å². The van der Waals surface area contributed by atoms with Gasteiger partial charge in [-0.05, 0) is 47.5 Å². The van der Waals surface area contributed by atoms with Crippen LogP contribution in [0.5, 0.6) is 0 Å². The molecule has 1 aliphatic heterocycles. The first-order valence-electron chi connectivity index (χ1n) is 12.0. The average molecular weight is 546 g/mol. The predicted octanol–water partition coefficient (Wildman–Crippen LogP) is 6.24. The highest BCUT2D eigenvalue weighted by Crippen LogP contribution is 2.37. The minimum absolute atomic E-state index is 0.113. The lowest BCUT2D eigenvalue weighted by atomic mass is 10.0. The van der Waals surface area contributed by atoms with Crippen molar-refractivity contribution < 1.29 is 4.79 Å². The molecular formula is C28H24ClN5OS2. The fourth-order valence-electron chi connectivity index (χ4n) is 4.82. The number of fused-ring (bicyclic) bond motifs is 1. The zero-order valence-corrected chi connectivity index (χ0v) is 22.3. The van der Waals surface area contributed by atoms with Gasteiger partial charge in [-0.15, -0.1) is 22.7 Å². The van der Waals surface area contributed by atoms with Crippen LogP contribution in [0.2, 0.25) is 4.34 Å². The van der Waals surface area contributed by atoms with Crippen LogP contribution in [0.15, 0.2) is 79.1 Å². The van der Waals surface area contributed by atoms with E-state index in [1.54, 1.807) is 22.7 Å². The second-order valence-electron chi connectivity index (χ2n) is 9.02. The highest BCUT2D eigenvalue weighted by atomic mass is 35.5. The van der Waals surface area contributed by atoms with Gasteiger partial charge in [-0.1, -0.05) is 48.0 Å². The van der Waals surface area contributed by atoms with Gasteiger partial charge in [0.15, 0.2) is 0 Å². The molecule has 0 radical (unpaired) electrons. The van der Waals surface area contributed by atoms with Gasteiger partial charge in [-0.3, -0.25) is 9.69 Å². The van der Waals surface area contributed by atoms with Gasteiger partial charge in [0, 0.05) is 46.2 Å². The molecule has 1 saturated heterocycles. The van der Waals surface area contributed by atoms with Crippen molar-refractivity contribution in [2.45, 2.75) is 19.1 Å². The standard InChI is InChI=1S/C28H24ClN5OS2/c29-25-11-10-24(37-25)23-9-7-20(36-23)16-33-12-13-34(28(35)26(33)19-4-2-1-3-5-19)15-18-6-8-21-22(14-18)31-17-32-27(21)30/h1-11,14,17,26H,12-13,15-16H2,(H2,30,31,32)/t26-/m0/s1. The summed E-state index contributed by atoms with van der Waals surface area (Å²) in [6.07, 6.45) is 1.47. The molecule has 0 unspecified atom stereocenters. The first-order chi connectivity index (χ1) is 18.0. The zero-order valence-electron chi connectivity index (χ0n) is 19.9. The fraction of sp³-hybridized carbons (Fsp3) is 0.179. The van der Waals surface area contributed by atoms with Crippen LogP contribution in [0.4, 0.5) is 5.82 Å². The molecule has 1 amide bonds. The van der Waals surface area contributed by atoms with Crippen molar-refractivity contribution in [1.82, 2.24) is 19.8 Å². The number of nitrogens with two attached hydrogens (primary N) is 1. The number of piperazine rings is 1. The van der Waals surface area contributed by atoms with Crippen LogP contribution >= 0.6 is 34.3 Å². The van der Waals surface area contributed by atoms with Gasteiger partial charge in [0.1, 0.15) is 18.2 Å². The number of amides is 1. The Kier molecular flexibility index (Phi) is 6.65. The molecule has 0 saturated carbocycles. The first-order valence-corrected chi connectivity index (χ1v) is 14.0. The van der Waals surface area contributed by atoms with E-state index in [1.165, 1.54) is 21.0 Å². The van der Waals surface area contributed by atoms with E-state index in [9.17, 15) is 4.79 Å². The van der Waals surface area contributed by atoms with Gasteiger partial charge in [-0.2, -0.15) is 0 Å². The molecule has 4 heterocycles. The highest BCUT2D eigenvalue weighted by Gasteiger charge is 2.36. The summed E-state index contributed by atoms with van der Waals surface area (Å²) < 4.78 is 0.790. The molecule has 186 valence electrons. The van der Waals surface area contributed by atoms with Crippen LogP contribution in [0.25, 0.3) is 20.7 Å². The summed E-state index contributed by atoms with van der Waals surface area (Å²) in [6.45, 7) is 2.68. The minimum atomic E-state index is -0.338. The molecule has 0 bridgehead atoms. The van der Waals surface area contributed by atoms with Gasteiger partial charge in [0.2, 0.25) is 5.91 Å². The lowest BCUT2D eigenvalue weighted by Gasteiger charge is -2.40. The number of thiophene rings is 2. The summed E-state index contributed by atoms with van der Waals surface area (Å²) in [7, 11) is 0. The SMILES string of the molecule is Nc1ncnc2cc(CN3CCN(Cc4ccc(-c5ccc(Cl)s5)s4)[C@@H](c4ccccc4)C3=O)ccc12. The quantitative estimate of drug-likeness (QED) is 0.273. The highest BCUT2D eigenvalue weighted by molar-refractivity contribution is 7.24. The molecule has 9 heteroatoms. The maximum absolute atomic E-state index is 13.9. The van der Waals surface area contributed by atoms with E-state index in [0.717, 1.165) is 39.5 Å². The number of carbonyl (C=O) groups excluding carboxylic acids is 1. The lowest BCUT2D eigenvalue weighted by Crippen LogP contribution is -2.51. The molecule has 5 aromatic rings. The molecule has 2 aromatic carbocycles. The van der Waals surface area contributed by atoms with Gasteiger partial charge in [0.25, 0.3) is 0 Å². The van der Waals surface area contributed by atoms with Crippen molar-refractivity contribution in [3.63, 3.8) is 0 Å². The first kappa shape index (κ1) is 24.1. The van der Waals surface area contributed by atoms with Crippen LogP contribution in [0, 0.1) is 0 Å². The molecule has 0 spiro atoms. The monoisotopic (exact) mass is 545 g/mol. The van der Waals surface area contributed by atoms with Crippen LogP contribution in [0.3, 0.4) is 0 Å². The molecule has 6 nitrogen and oxygen atoms in total. The van der Waals surface area contributed by atoms with Crippen LogP contribution in [0.1, 0.15) is 22.0 Å². The molecule has 1 aliphatic rings. The van der Waals surface area contributed by atoms with Gasteiger partial charge in [0.05, 0.1) is 9.85 Å². The maximum atomic E-state index is 13.9. The Balaban J connectivity index is 1.24. The largest absolute Gasteiger partial charge is 0.383 e. The Labute approximate surface area is 228 Å². The summed E-state index contributed by atoms with van der Waals surface area (Å²) in [5.74, 6) is 0.575. The molecule has 6 rings (SSSR count). The molecular weight excluding hydrogens is 522 g/mol. The number of anilines is 1. The predicted molar refractivity (Wildman–Crippen MR) is 152 cm³/mol. The number of carbonyl (C=O) groups is 1. The Morgan fingerprint density at radius 2 is 1.73 bits per heavy atom. The number of hydrogen-bond donors (Lipinski definition) is 1. The lowest BCUT2D eigenvalue weighted by molar-refractivity contribution is -0.143. The van der Waals surface area contributed by atoms with E-state index in [4.69, 9.17) is 17.3 Å². The molecule has 1 fully saturated rings. The third kappa shape index (κ3) is 4.98. The molecule has 3 aromatic heterocycles. The van der Waals surface area contributed by atoms with Crippen molar-refractivity contribution in [3.8, 4) is 9.75 Å². The van der Waals surface area contributed by atoms with Gasteiger partial charge in [-0.25, -0.2) is 9.97 Å². The van der Waals surface area contributed by atoms with E-state index < -0.39 is 0 Å². The zero-order chi connectivity index (χ0) is 25.4. The van der Waals surface area contributed by atoms with E-state index in [1.807, 2.05) is 59.5 Å². The Hall–Kier alpha value is -3.30. The molecule has 37 heavy (non-hydrogen) atoms. The number of aromatic nitrogens is 2. The topological polar surface area (TPSA) is 75.3 Å². The van der Waals surface area contributed by atoms with E-state index >= 15 is 0 Å². The molecule has 2 N–H and O–H groups in total. The minimum Gasteiger partial charge on any atom is -0.383 e. The number of hydrogen-bond acceptors (Lipinski definition) is 7. The smallest absolute Gasteiger partial charge is 0.244 e. The Morgan fingerprint density at radius 3 is 2.54 bits per heavy atom. The normalized spacial score (nSPS) is 16.5. The van der Waals surface area contributed by atoms with Crippen LogP contribution < -0.4 is 5.73 Å². The fourth-order valence-corrected chi connectivity index (χ4v) is 6.98. The van der Waals surface area contributed by atoms with Crippen molar-refractivity contribution in [2.24, 2.45) is 0 Å². The van der Waals surface area contributed by atoms with E-state index in [0.29, 0.717) is 18.9 Å². The second kappa shape index (κ2) is 10.2. The van der Waals surface area contributed by atoms with Gasteiger partial charge < -0.3 is 10.6 Å². The summed E-state index contributed by atoms with van der Waals surface area (Å²) >= 11 is 9.49. The average Bonchev–Trinajstić information content (AvgIpc) is 3.55. The number of benzene rings is 2. The van der Waals surface area contributed by atoms with Crippen LogP contribution in [-0.4, -0.2) is 38.8 Å². The van der Waals surface area contributed by atoms with E-state index in [-0.39, 0.29) is 11.9 Å². The molecule has 0 aliphatic carbocycles. The number of nitrogen functional groups attached to an aromatic ring is 1. The summed E-state index contributed by atoms with van der Waals surface area (Å²) in [5.41, 5.74) is 8.81.